The van der Waals surface area contributed by atoms with Gasteiger partial charge in [0.25, 0.3) is 5.91 Å². The lowest BCUT2D eigenvalue weighted by Crippen LogP contribution is -2.27. The number of aromatic amines is 1. The molecule has 0 saturated heterocycles. The number of hydrogen-bond donors (Lipinski definition) is 2. The van der Waals surface area contributed by atoms with Gasteiger partial charge in [-0.15, -0.1) is 0 Å². The van der Waals surface area contributed by atoms with E-state index in [1.807, 2.05) is 12.1 Å². The van der Waals surface area contributed by atoms with E-state index in [4.69, 9.17) is 11.6 Å². The number of aryl methyl sites for hydroxylation is 1. The molecule has 3 rings (SSSR count). The molecule has 1 aromatic heterocycles. The number of rotatable bonds is 2. The van der Waals surface area contributed by atoms with Crippen LogP contribution < -0.4 is 5.32 Å². The number of carbonyl (C=O) groups excluding carboxylic acids is 1. The number of amides is 1. The number of halogens is 1. The molecular weight excluding hydrogens is 248 g/mol. The summed E-state index contributed by atoms with van der Waals surface area (Å²) in [6, 6.07) is 9.98. The average molecular weight is 261 g/mol. The molecule has 92 valence electrons. The molecule has 1 heterocycles. The molecule has 3 nitrogen and oxygen atoms in total. The summed E-state index contributed by atoms with van der Waals surface area (Å²) in [5, 5.41) is 3.58. The van der Waals surface area contributed by atoms with Gasteiger partial charge in [0, 0.05) is 6.20 Å². The van der Waals surface area contributed by atoms with Crippen LogP contribution in [0.25, 0.3) is 0 Å². The van der Waals surface area contributed by atoms with E-state index in [1.54, 1.807) is 12.3 Å². The summed E-state index contributed by atoms with van der Waals surface area (Å²) in [7, 11) is 0. The number of H-pyrrole nitrogens is 1. The minimum atomic E-state index is -0.108. The molecule has 4 heteroatoms. The van der Waals surface area contributed by atoms with Crippen molar-refractivity contribution in [2.75, 3.05) is 0 Å². The topological polar surface area (TPSA) is 44.9 Å². The molecule has 2 N–H and O–H groups in total. The molecule has 1 aliphatic rings. The Bertz CT molecular complexity index is 591. The van der Waals surface area contributed by atoms with Gasteiger partial charge in [-0.05, 0) is 30.0 Å². The molecule has 18 heavy (non-hydrogen) atoms. The van der Waals surface area contributed by atoms with Crippen LogP contribution in [0.1, 0.15) is 34.1 Å². The van der Waals surface area contributed by atoms with E-state index in [2.05, 4.69) is 22.4 Å². The second-order valence-corrected chi connectivity index (χ2v) is 4.93. The van der Waals surface area contributed by atoms with Crippen molar-refractivity contribution in [1.82, 2.24) is 10.3 Å². The molecule has 1 aliphatic carbocycles. The van der Waals surface area contributed by atoms with Gasteiger partial charge < -0.3 is 10.3 Å². The van der Waals surface area contributed by atoms with E-state index in [0.29, 0.717) is 10.7 Å². The number of nitrogens with one attached hydrogen (secondary N) is 2. The van der Waals surface area contributed by atoms with Crippen molar-refractivity contribution in [3.05, 3.63) is 58.4 Å². The zero-order valence-electron chi connectivity index (χ0n) is 9.74. The first-order valence-corrected chi connectivity index (χ1v) is 6.34. The largest absolute Gasteiger partial charge is 0.356 e. The van der Waals surface area contributed by atoms with Crippen molar-refractivity contribution < 1.29 is 4.79 Å². The first-order chi connectivity index (χ1) is 8.74. The van der Waals surface area contributed by atoms with Crippen molar-refractivity contribution in [3.8, 4) is 0 Å². The van der Waals surface area contributed by atoms with Crippen molar-refractivity contribution in [1.29, 1.82) is 0 Å². The fourth-order valence-corrected chi connectivity index (χ4v) is 2.61. The van der Waals surface area contributed by atoms with Gasteiger partial charge in [-0.1, -0.05) is 35.9 Å². The molecule has 0 spiro atoms. The Kier molecular flexibility index (Phi) is 2.84. The van der Waals surface area contributed by atoms with Gasteiger partial charge in [0.1, 0.15) is 5.69 Å². The lowest BCUT2D eigenvalue weighted by atomic mass is 10.1. The molecule has 0 bridgehead atoms. The average Bonchev–Trinajstić information content (AvgIpc) is 2.97. The minimum absolute atomic E-state index is 0.107. The Morgan fingerprint density at radius 1 is 1.39 bits per heavy atom. The van der Waals surface area contributed by atoms with E-state index in [-0.39, 0.29) is 11.9 Å². The molecule has 0 aliphatic heterocycles. The van der Waals surface area contributed by atoms with Crippen LogP contribution in [0.2, 0.25) is 5.02 Å². The van der Waals surface area contributed by atoms with E-state index in [1.165, 1.54) is 11.1 Å². The Morgan fingerprint density at radius 2 is 2.22 bits per heavy atom. The molecule has 1 aromatic carbocycles. The summed E-state index contributed by atoms with van der Waals surface area (Å²) in [6.45, 7) is 0. The Hall–Kier alpha value is -1.74. The summed E-state index contributed by atoms with van der Waals surface area (Å²) in [5.41, 5.74) is 3.06. The normalized spacial score (nSPS) is 17.5. The summed E-state index contributed by atoms with van der Waals surface area (Å²) >= 11 is 5.79. The van der Waals surface area contributed by atoms with Crippen LogP contribution >= 0.6 is 11.6 Å². The monoisotopic (exact) mass is 260 g/mol. The maximum absolute atomic E-state index is 12.0. The number of benzene rings is 1. The molecule has 1 atom stereocenters. The lowest BCUT2D eigenvalue weighted by Gasteiger charge is -2.13. The molecular formula is C14H13ClN2O. The summed E-state index contributed by atoms with van der Waals surface area (Å²) in [6.07, 6.45) is 3.59. The minimum Gasteiger partial charge on any atom is -0.356 e. The van der Waals surface area contributed by atoms with Crippen LogP contribution in [0.3, 0.4) is 0 Å². The maximum atomic E-state index is 12.0. The lowest BCUT2D eigenvalue weighted by molar-refractivity contribution is 0.0932. The van der Waals surface area contributed by atoms with Gasteiger partial charge in [-0.2, -0.15) is 0 Å². The highest BCUT2D eigenvalue weighted by Gasteiger charge is 2.24. The molecule has 0 fully saturated rings. The van der Waals surface area contributed by atoms with Crippen LogP contribution in [-0.2, 0) is 6.42 Å². The molecule has 0 radical (unpaired) electrons. The predicted octanol–water partition coefficient (Wildman–Crippen LogP) is 3.09. The van der Waals surface area contributed by atoms with Crippen molar-refractivity contribution >= 4 is 17.5 Å². The molecule has 1 amide bonds. The van der Waals surface area contributed by atoms with E-state index >= 15 is 0 Å². The van der Waals surface area contributed by atoms with Gasteiger partial charge in [0.15, 0.2) is 0 Å². The third kappa shape index (κ3) is 2.02. The smallest absolute Gasteiger partial charge is 0.268 e. The summed E-state index contributed by atoms with van der Waals surface area (Å²) < 4.78 is 0. The first kappa shape index (κ1) is 11.4. The molecule has 2 aromatic rings. The Labute approximate surface area is 110 Å². The van der Waals surface area contributed by atoms with Gasteiger partial charge in [0.2, 0.25) is 0 Å². The highest BCUT2D eigenvalue weighted by Crippen LogP contribution is 2.30. The fraction of sp³-hybridized carbons (Fsp3) is 0.214. The maximum Gasteiger partial charge on any atom is 0.268 e. The number of carbonyl (C=O) groups is 1. The second-order valence-electron chi connectivity index (χ2n) is 4.50. The number of fused-ring (bicyclic) bond motifs is 1. The van der Waals surface area contributed by atoms with Gasteiger partial charge in [0.05, 0.1) is 11.1 Å². The fourth-order valence-electron chi connectivity index (χ4n) is 2.44. The van der Waals surface area contributed by atoms with Crippen LogP contribution in [0.15, 0.2) is 36.5 Å². The SMILES string of the molecule is O=C(NC1CCc2ccccc21)c1cc(Cl)c[nH]1. The van der Waals surface area contributed by atoms with Gasteiger partial charge in [-0.25, -0.2) is 0 Å². The van der Waals surface area contributed by atoms with Crippen LogP contribution in [-0.4, -0.2) is 10.9 Å². The highest BCUT2D eigenvalue weighted by molar-refractivity contribution is 6.30. The third-order valence-electron chi connectivity index (χ3n) is 3.33. The number of hydrogen-bond acceptors (Lipinski definition) is 1. The predicted molar refractivity (Wildman–Crippen MR) is 70.8 cm³/mol. The van der Waals surface area contributed by atoms with Crippen molar-refractivity contribution in [3.63, 3.8) is 0 Å². The molecule has 0 saturated carbocycles. The van der Waals surface area contributed by atoms with E-state index in [9.17, 15) is 4.79 Å². The van der Waals surface area contributed by atoms with Crippen molar-refractivity contribution in [2.24, 2.45) is 0 Å². The van der Waals surface area contributed by atoms with Crippen LogP contribution in [0.4, 0.5) is 0 Å². The quantitative estimate of drug-likeness (QED) is 0.856. The van der Waals surface area contributed by atoms with E-state index in [0.717, 1.165) is 12.8 Å². The standard InChI is InChI=1S/C14H13ClN2O/c15-10-7-13(16-8-10)14(18)17-12-6-5-9-3-1-2-4-11(9)12/h1-4,7-8,12,16H,5-6H2,(H,17,18). The Morgan fingerprint density at radius 3 is 3.00 bits per heavy atom. The zero-order valence-corrected chi connectivity index (χ0v) is 10.5. The first-order valence-electron chi connectivity index (χ1n) is 5.96. The number of aromatic nitrogens is 1. The van der Waals surface area contributed by atoms with Crippen molar-refractivity contribution in [2.45, 2.75) is 18.9 Å². The second kappa shape index (κ2) is 4.50. The summed E-state index contributed by atoms with van der Waals surface area (Å²) in [5.74, 6) is -0.108. The Balaban J connectivity index is 1.77. The molecule has 1 unspecified atom stereocenters. The summed E-state index contributed by atoms with van der Waals surface area (Å²) in [4.78, 5) is 14.9. The van der Waals surface area contributed by atoms with Gasteiger partial charge >= 0.3 is 0 Å². The highest BCUT2D eigenvalue weighted by atomic mass is 35.5. The van der Waals surface area contributed by atoms with E-state index < -0.39 is 0 Å². The zero-order chi connectivity index (χ0) is 12.5. The third-order valence-corrected chi connectivity index (χ3v) is 3.55. The van der Waals surface area contributed by atoms with Gasteiger partial charge in [-0.3, -0.25) is 4.79 Å². The van der Waals surface area contributed by atoms with Crippen LogP contribution in [0, 0.1) is 0 Å². The van der Waals surface area contributed by atoms with Crippen LogP contribution in [0.5, 0.6) is 0 Å².